The molecule has 1 rings (SSSR count). The highest BCUT2D eigenvalue weighted by molar-refractivity contribution is 5.37. The SMILES string of the molecule is C=[C]c1cc(CC)cc(OCC)c1. The first-order valence-electron chi connectivity index (χ1n) is 4.60. The third-order valence-electron chi connectivity index (χ3n) is 1.89. The molecule has 0 spiro atoms. The Bertz CT molecular complexity index is 289. The third-order valence-corrected chi connectivity index (χ3v) is 1.89. The highest BCUT2D eigenvalue weighted by atomic mass is 16.5. The Morgan fingerprint density at radius 2 is 2.08 bits per heavy atom. The van der Waals surface area contributed by atoms with Gasteiger partial charge in [-0.2, -0.15) is 0 Å². The molecule has 0 bridgehead atoms. The van der Waals surface area contributed by atoms with Gasteiger partial charge in [0.05, 0.1) is 6.61 Å². The molecule has 13 heavy (non-hydrogen) atoms. The minimum Gasteiger partial charge on any atom is -0.494 e. The first-order valence-corrected chi connectivity index (χ1v) is 4.60. The van der Waals surface area contributed by atoms with Crippen LogP contribution in [0.5, 0.6) is 5.75 Å². The van der Waals surface area contributed by atoms with Crippen molar-refractivity contribution in [1.82, 2.24) is 0 Å². The molecule has 0 aromatic heterocycles. The Morgan fingerprint density at radius 1 is 1.31 bits per heavy atom. The van der Waals surface area contributed by atoms with Crippen LogP contribution in [-0.2, 0) is 6.42 Å². The van der Waals surface area contributed by atoms with E-state index in [1.54, 1.807) is 0 Å². The molecule has 0 aliphatic heterocycles. The van der Waals surface area contributed by atoms with Crippen LogP contribution in [0.3, 0.4) is 0 Å². The zero-order valence-electron chi connectivity index (χ0n) is 8.26. The summed E-state index contributed by atoms with van der Waals surface area (Å²) in [6, 6.07) is 6.09. The van der Waals surface area contributed by atoms with E-state index < -0.39 is 0 Å². The molecule has 0 aliphatic carbocycles. The van der Waals surface area contributed by atoms with Crippen molar-refractivity contribution in [3.8, 4) is 5.75 Å². The fraction of sp³-hybridized carbons (Fsp3) is 0.333. The largest absolute Gasteiger partial charge is 0.494 e. The molecule has 1 nitrogen and oxygen atoms in total. The molecular formula is C12H15O. The fourth-order valence-electron chi connectivity index (χ4n) is 1.22. The number of ether oxygens (including phenoxy) is 1. The second-order valence-electron chi connectivity index (χ2n) is 2.83. The van der Waals surface area contributed by atoms with Crippen LogP contribution in [0.1, 0.15) is 25.0 Å². The Balaban J connectivity index is 2.99. The van der Waals surface area contributed by atoms with Crippen LogP contribution in [0.25, 0.3) is 0 Å². The van der Waals surface area contributed by atoms with Gasteiger partial charge in [-0.15, -0.1) is 0 Å². The lowest BCUT2D eigenvalue weighted by molar-refractivity contribution is 0.340. The second kappa shape index (κ2) is 4.70. The fourth-order valence-corrected chi connectivity index (χ4v) is 1.22. The van der Waals surface area contributed by atoms with Gasteiger partial charge in [0.25, 0.3) is 0 Å². The molecule has 0 N–H and O–H groups in total. The zero-order chi connectivity index (χ0) is 9.68. The van der Waals surface area contributed by atoms with Gasteiger partial charge in [-0.05, 0) is 42.7 Å². The van der Waals surface area contributed by atoms with Crippen LogP contribution in [0.15, 0.2) is 24.8 Å². The maximum Gasteiger partial charge on any atom is 0.120 e. The minimum absolute atomic E-state index is 0.698. The summed E-state index contributed by atoms with van der Waals surface area (Å²) in [4.78, 5) is 0. The summed E-state index contributed by atoms with van der Waals surface area (Å²) in [5.41, 5.74) is 2.26. The lowest BCUT2D eigenvalue weighted by atomic mass is 10.1. The Labute approximate surface area is 80.0 Å². The molecule has 0 aliphatic rings. The molecule has 0 unspecified atom stereocenters. The van der Waals surface area contributed by atoms with Gasteiger partial charge in [0.2, 0.25) is 0 Å². The monoisotopic (exact) mass is 175 g/mol. The number of benzene rings is 1. The zero-order valence-corrected chi connectivity index (χ0v) is 8.26. The van der Waals surface area contributed by atoms with Gasteiger partial charge in [0, 0.05) is 0 Å². The number of hydrogen-bond acceptors (Lipinski definition) is 1. The molecule has 0 saturated carbocycles. The number of hydrogen-bond donors (Lipinski definition) is 0. The average Bonchev–Trinajstić information content (AvgIpc) is 2.17. The molecule has 0 fully saturated rings. The van der Waals surface area contributed by atoms with Crippen LogP contribution in [0.4, 0.5) is 0 Å². The summed E-state index contributed by atoms with van der Waals surface area (Å²) >= 11 is 0. The van der Waals surface area contributed by atoms with Crippen molar-refractivity contribution >= 4 is 0 Å². The smallest absolute Gasteiger partial charge is 0.120 e. The average molecular weight is 175 g/mol. The van der Waals surface area contributed by atoms with Gasteiger partial charge < -0.3 is 4.74 Å². The van der Waals surface area contributed by atoms with E-state index in [0.29, 0.717) is 6.61 Å². The highest BCUT2D eigenvalue weighted by Gasteiger charge is 1.97. The molecular weight excluding hydrogens is 160 g/mol. The van der Waals surface area contributed by atoms with E-state index in [4.69, 9.17) is 4.74 Å². The normalized spacial score (nSPS) is 9.69. The molecule has 1 aromatic rings. The van der Waals surface area contributed by atoms with Crippen molar-refractivity contribution in [3.63, 3.8) is 0 Å². The van der Waals surface area contributed by atoms with Gasteiger partial charge in [0.15, 0.2) is 0 Å². The summed E-state index contributed by atoms with van der Waals surface area (Å²) < 4.78 is 5.42. The number of rotatable bonds is 4. The summed E-state index contributed by atoms with van der Waals surface area (Å²) in [5, 5.41) is 0. The van der Waals surface area contributed by atoms with E-state index in [9.17, 15) is 0 Å². The first kappa shape index (κ1) is 9.85. The van der Waals surface area contributed by atoms with Crippen LogP contribution < -0.4 is 4.74 Å². The Hall–Kier alpha value is -1.24. The van der Waals surface area contributed by atoms with Crippen molar-refractivity contribution in [2.45, 2.75) is 20.3 Å². The van der Waals surface area contributed by atoms with E-state index in [1.807, 2.05) is 13.0 Å². The lowest BCUT2D eigenvalue weighted by Crippen LogP contribution is -1.93. The predicted molar refractivity (Wildman–Crippen MR) is 55.0 cm³/mol. The van der Waals surface area contributed by atoms with Crippen LogP contribution in [-0.4, -0.2) is 6.61 Å². The van der Waals surface area contributed by atoms with Crippen LogP contribution in [0.2, 0.25) is 0 Å². The second-order valence-corrected chi connectivity index (χ2v) is 2.83. The van der Waals surface area contributed by atoms with Crippen molar-refractivity contribution in [3.05, 3.63) is 42.0 Å². The summed E-state index contributed by atoms with van der Waals surface area (Å²) in [5.74, 6) is 0.910. The van der Waals surface area contributed by atoms with E-state index >= 15 is 0 Å². The maximum atomic E-state index is 5.42. The quantitative estimate of drug-likeness (QED) is 0.683. The standard InChI is InChI=1S/C12H15O/c1-4-10-7-11(5-2)9-12(8-10)13-6-3/h7-9H,1,5-6H2,2-3H3. The van der Waals surface area contributed by atoms with Gasteiger partial charge in [-0.25, -0.2) is 0 Å². The molecule has 0 saturated heterocycles. The first-order chi connectivity index (χ1) is 6.30. The summed E-state index contributed by atoms with van der Waals surface area (Å²) in [6.07, 6.45) is 3.88. The van der Waals surface area contributed by atoms with Crippen molar-refractivity contribution < 1.29 is 4.74 Å². The van der Waals surface area contributed by atoms with E-state index in [1.165, 1.54) is 5.56 Å². The van der Waals surface area contributed by atoms with Gasteiger partial charge in [-0.3, -0.25) is 0 Å². The molecule has 1 heteroatoms. The topological polar surface area (TPSA) is 9.23 Å². The van der Waals surface area contributed by atoms with Crippen molar-refractivity contribution in [2.24, 2.45) is 0 Å². The molecule has 0 heterocycles. The molecule has 0 amide bonds. The van der Waals surface area contributed by atoms with Gasteiger partial charge in [-0.1, -0.05) is 19.6 Å². The maximum absolute atomic E-state index is 5.42. The Kier molecular flexibility index (Phi) is 3.56. The molecule has 69 valence electrons. The van der Waals surface area contributed by atoms with Crippen molar-refractivity contribution in [1.29, 1.82) is 0 Å². The molecule has 0 atom stereocenters. The lowest BCUT2D eigenvalue weighted by Gasteiger charge is -2.06. The van der Waals surface area contributed by atoms with E-state index in [-0.39, 0.29) is 0 Å². The summed E-state index contributed by atoms with van der Waals surface area (Å²) in [7, 11) is 0. The van der Waals surface area contributed by atoms with E-state index in [2.05, 4.69) is 31.7 Å². The van der Waals surface area contributed by atoms with Crippen molar-refractivity contribution in [2.75, 3.05) is 6.61 Å². The third kappa shape index (κ3) is 2.62. The molecule has 1 aromatic carbocycles. The number of aryl methyl sites for hydroxylation is 1. The van der Waals surface area contributed by atoms with Crippen LogP contribution in [0, 0.1) is 6.08 Å². The summed E-state index contributed by atoms with van der Waals surface area (Å²) in [6.45, 7) is 8.43. The van der Waals surface area contributed by atoms with Crippen LogP contribution >= 0.6 is 0 Å². The Morgan fingerprint density at radius 3 is 2.62 bits per heavy atom. The van der Waals surface area contributed by atoms with E-state index in [0.717, 1.165) is 17.7 Å². The predicted octanol–water partition coefficient (Wildman–Crippen LogP) is 2.98. The minimum atomic E-state index is 0.698. The highest BCUT2D eigenvalue weighted by Crippen LogP contribution is 2.17. The van der Waals surface area contributed by atoms with Gasteiger partial charge >= 0.3 is 0 Å². The molecule has 1 radical (unpaired) electrons. The van der Waals surface area contributed by atoms with Gasteiger partial charge in [0.1, 0.15) is 5.75 Å².